The molecule has 4 N–H and O–H groups in total. The molecule has 170 valence electrons. The molecule has 33 heavy (non-hydrogen) atoms. The fourth-order valence-electron chi connectivity index (χ4n) is 3.57. The molecule has 0 radical (unpaired) electrons. The van der Waals surface area contributed by atoms with E-state index in [1.54, 1.807) is 24.3 Å². The van der Waals surface area contributed by atoms with Crippen molar-refractivity contribution in [3.8, 4) is 11.3 Å². The van der Waals surface area contributed by atoms with Crippen molar-refractivity contribution < 1.29 is 14.3 Å². The van der Waals surface area contributed by atoms with E-state index in [0.29, 0.717) is 23.4 Å². The van der Waals surface area contributed by atoms with E-state index in [2.05, 4.69) is 37.6 Å². The fourth-order valence-corrected chi connectivity index (χ4v) is 3.57. The Morgan fingerprint density at radius 3 is 2.58 bits per heavy atom. The molecule has 0 spiro atoms. The highest BCUT2D eigenvalue weighted by Crippen LogP contribution is 2.20. The van der Waals surface area contributed by atoms with Crippen LogP contribution in [0, 0.1) is 0 Å². The fraction of sp³-hybridized carbons (Fsp3) is 0.250. The maximum atomic E-state index is 12.7. The number of morpholine rings is 1. The highest BCUT2D eigenvalue weighted by atomic mass is 16.5. The van der Waals surface area contributed by atoms with Crippen LogP contribution in [0.3, 0.4) is 0 Å². The summed E-state index contributed by atoms with van der Waals surface area (Å²) < 4.78 is 5.40. The number of benzene rings is 2. The van der Waals surface area contributed by atoms with Crippen molar-refractivity contribution in [3.05, 3.63) is 71.5 Å². The molecule has 1 aromatic heterocycles. The van der Waals surface area contributed by atoms with Crippen LogP contribution in [-0.4, -0.2) is 55.1 Å². The molecule has 2 aromatic carbocycles. The van der Waals surface area contributed by atoms with Crippen LogP contribution < -0.4 is 21.3 Å². The lowest BCUT2D eigenvalue weighted by atomic mass is 10.1. The van der Waals surface area contributed by atoms with Gasteiger partial charge in [-0.3, -0.25) is 9.59 Å². The Kier molecular flexibility index (Phi) is 6.80. The Morgan fingerprint density at radius 1 is 1.09 bits per heavy atom. The Hall–Kier alpha value is -3.98. The zero-order valence-electron chi connectivity index (χ0n) is 18.4. The van der Waals surface area contributed by atoms with Crippen LogP contribution in [0.1, 0.15) is 26.4 Å². The van der Waals surface area contributed by atoms with Crippen LogP contribution in [0.2, 0.25) is 0 Å². The minimum Gasteiger partial charge on any atom is -0.382 e. The lowest BCUT2D eigenvalue weighted by molar-refractivity contribution is 0.0945. The summed E-state index contributed by atoms with van der Waals surface area (Å²) in [7, 11) is 1.50. The normalized spacial score (nSPS) is 13.4. The molecule has 1 saturated heterocycles. The van der Waals surface area contributed by atoms with Crippen molar-refractivity contribution >= 4 is 23.3 Å². The summed E-state index contributed by atoms with van der Waals surface area (Å²) in [6.07, 6.45) is 1.48. The summed E-state index contributed by atoms with van der Waals surface area (Å²) in [6, 6.07) is 15.2. The number of nitrogen functional groups attached to an aromatic ring is 1. The van der Waals surface area contributed by atoms with Crippen molar-refractivity contribution in [2.24, 2.45) is 0 Å². The van der Waals surface area contributed by atoms with Crippen molar-refractivity contribution in [2.75, 3.05) is 44.0 Å². The molecule has 1 fully saturated rings. The zero-order chi connectivity index (χ0) is 23.2. The minimum absolute atomic E-state index is 0.0466. The number of anilines is 2. The molecule has 0 aliphatic carbocycles. The number of hydrogen-bond donors (Lipinski definition) is 3. The molecule has 3 aromatic rings. The summed E-state index contributed by atoms with van der Waals surface area (Å²) in [5.41, 5.74) is 9.57. The first-order valence-electron chi connectivity index (χ1n) is 10.7. The number of nitrogens with one attached hydrogen (secondary N) is 2. The van der Waals surface area contributed by atoms with E-state index in [1.807, 2.05) is 12.1 Å². The average Bonchev–Trinajstić information content (AvgIpc) is 2.88. The van der Waals surface area contributed by atoms with E-state index in [9.17, 15) is 9.59 Å². The third kappa shape index (κ3) is 5.27. The topological polar surface area (TPSA) is 122 Å². The van der Waals surface area contributed by atoms with Gasteiger partial charge < -0.3 is 26.0 Å². The molecule has 9 nitrogen and oxygen atoms in total. The second-order valence-electron chi connectivity index (χ2n) is 7.60. The quantitative estimate of drug-likeness (QED) is 0.528. The average molecular weight is 447 g/mol. The van der Waals surface area contributed by atoms with Gasteiger partial charge in [0.2, 0.25) is 0 Å². The number of aromatic nitrogens is 2. The summed E-state index contributed by atoms with van der Waals surface area (Å²) in [5.74, 6) is -0.578. The van der Waals surface area contributed by atoms with Crippen molar-refractivity contribution in [1.82, 2.24) is 20.6 Å². The number of ether oxygens (including phenoxy) is 1. The first-order chi connectivity index (χ1) is 16.0. The molecule has 2 heterocycles. The molecule has 1 aliphatic heterocycles. The maximum Gasteiger partial charge on any atom is 0.273 e. The van der Waals surface area contributed by atoms with Gasteiger partial charge in [0.05, 0.1) is 25.1 Å². The van der Waals surface area contributed by atoms with Gasteiger partial charge in [-0.2, -0.15) is 0 Å². The van der Waals surface area contributed by atoms with Gasteiger partial charge in [-0.05, 0) is 29.8 Å². The first-order valence-corrected chi connectivity index (χ1v) is 10.7. The Bertz CT molecular complexity index is 1140. The predicted molar refractivity (Wildman–Crippen MR) is 126 cm³/mol. The standard InChI is InChI=1S/C24H26N6O3/c1-26-24(32)21-22(25)27-15-20(29-21)17-3-2-4-18(13-17)23(31)28-14-16-5-7-19(8-6-16)30-9-11-33-12-10-30/h2-8,13,15H,9-12,14H2,1H3,(H2,25,27)(H,26,32)(H,28,31). The lowest BCUT2D eigenvalue weighted by Gasteiger charge is -2.28. The van der Waals surface area contributed by atoms with Gasteiger partial charge in [0.15, 0.2) is 11.5 Å². The molecule has 1 aliphatic rings. The highest BCUT2D eigenvalue weighted by Gasteiger charge is 2.15. The summed E-state index contributed by atoms with van der Waals surface area (Å²) >= 11 is 0. The van der Waals surface area contributed by atoms with Crippen LogP contribution >= 0.6 is 0 Å². The first kappa shape index (κ1) is 22.2. The molecule has 0 unspecified atom stereocenters. The van der Waals surface area contributed by atoms with Crippen LogP contribution in [0.4, 0.5) is 11.5 Å². The molecule has 0 saturated carbocycles. The van der Waals surface area contributed by atoms with E-state index < -0.39 is 5.91 Å². The summed E-state index contributed by atoms with van der Waals surface area (Å²) in [4.78, 5) is 35.4. The SMILES string of the molecule is CNC(=O)c1nc(-c2cccc(C(=O)NCc3ccc(N4CCOCC4)cc3)c2)cnc1N. The summed E-state index contributed by atoms with van der Waals surface area (Å²) in [6.45, 7) is 3.66. The number of amides is 2. The highest BCUT2D eigenvalue weighted by molar-refractivity contribution is 5.97. The van der Waals surface area contributed by atoms with Crippen LogP contribution in [0.25, 0.3) is 11.3 Å². The van der Waals surface area contributed by atoms with Crippen molar-refractivity contribution in [3.63, 3.8) is 0 Å². The van der Waals surface area contributed by atoms with Crippen LogP contribution in [0.15, 0.2) is 54.7 Å². The third-order valence-electron chi connectivity index (χ3n) is 5.43. The van der Waals surface area contributed by atoms with Crippen molar-refractivity contribution in [2.45, 2.75) is 6.54 Å². The number of hydrogen-bond acceptors (Lipinski definition) is 7. The second-order valence-corrected chi connectivity index (χ2v) is 7.60. The maximum absolute atomic E-state index is 12.7. The van der Waals surface area contributed by atoms with E-state index in [4.69, 9.17) is 10.5 Å². The zero-order valence-corrected chi connectivity index (χ0v) is 18.4. The van der Waals surface area contributed by atoms with E-state index >= 15 is 0 Å². The minimum atomic E-state index is -0.421. The van der Waals surface area contributed by atoms with Crippen LogP contribution in [-0.2, 0) is 11.3 Å². The number of rotatable bonds is 6. The lowest BCUT2D eigenvalue weighted by Crippen LogP contribution is -2.36. The Balaban J connectivity index is 1.42. The van der Waals surface area contributed by atoms with Gasteiger partial charge in [0, 0.05) is 43.5 Å². The second kappa shape index (κ2) is 10.1. The monoisotopic (exact) mass is 446 g/mol. The molecule has 2 amide bonds. The van der Waals surface area contributed by atoms with Gasteiger partial charge in [-0.25, -0.2) is 9.97 Å². The number of nitrogens with zero attached hydrogens (tertiary/aromatic N) is 3. The third-order valence-corrected chi connectivity index (χ3v) is 5.43. The Morgan fingerprint density at radius 2 is 1.85 bits per heavy atom. The van der Waals surface area contributed by atoms with E-state index in [-0.39, 0.29) is 17.4 Å². The molecule has 9 heteroatoms. The number of nitrogens with two attached hydrogens (primary N) is 1. The van der Waals surface area contributed by atoms with Gasteiger partial charge in [0.25, 0.3) is 11.8 Å². The number of carbonyl (C=O) groups excluding carboxylic acids is 2. The van der Waals surface area contributed by atoms with Gasteiger partial charge in [0.1, 0.15) is 0 Å². The van der Waals surface area contributed by atoms with Crippen molar-refractivity contribution in [1.29, 1.82) is 0 Å². The van der Waals surface area contributed by atoms with Gasteiger partial charge >= 0.3 is 0 Å². The van der Waals surface area contributed by atoms with E-state index in [0.717, 1.165) is 37.6 Å². The largest absolute Gasteiger partial charge is 0.382 e. The predicted octanol–water partition coefficient (Wildman–Crippen LogP) is 1.85. The van der Waals surface area contributed by atoms with Gasteiger partial charge in [-0.1, -0.05) is 24.3 Å². The molecule has 0 bridgehead atoms. The van der Waals surface area contributed by atoms with E-state index in [1.165, 1.54) is 13.2 Å². The molecule has 4 rings (SSSR count). The Labute approximate surface area is 192 Å². The number of carbonyl (C=O) groups is 2. The molecular formula is C24H26N6O3. The molecular weight excluding hydrogens is 420 g/mol. The van der Waals surface area contributed by atoms with Gasteiger partial charge in [-0.15, -0.1) is 0 Å². The summed E-state index contributed by atoms with van der Waals surface area (Å²) in [5, 5.41) is 5.44. The van der Waals surface area contributed by atoms with Crippen LogP contribution in [0.5, 0.6) is 0 Å². The smallest absolute Gasteiger partial charge is 0.273 e. The molecule has 0 atom stereocenters.